The molecule has 0 unspecified atom stereocenters. The smallest absolute Gasteiger partial charge is 0.341 e. The monoisotopic (exact) mass is 277 g/mol. The van der Waals surface area contributed by atoms with E-state index in [1.807, 2.05) is 0 Å². The van der Waals surface area contributed by atoms with Crippen molar-refractivity contribution in [2.45, 2.75) is 39.5 Å². The van der Waals surface area contributed by atoms with Crippen LogP contribution in [-0.4, -0.2) is 24.1 Å². The van der Waals surface area contributed by atoms with Crippen molar-refractivity contribution in [2.75, 3.05) is 24.2 Å². The number of hydrogen-bond donors (Lipinski definition) is 2. The van der Waals surface area contributed by atoms with Gasteiger partial charge in [0.2, 0.25) is 0 Å². The predicted molar refractivity (Wildman–Crippen MR) is 79.7 cm³/mol. The number of rotatable bonds is 5. The van der Waals surface area contributed by atoms with Crippen LogP contribution in [0.5, 0.6) is 0 Å². The number of hydrogen-bond acceptors (Lipinski definition) is 5. The second-order valence-electron chi connectivity index (χ2n) is 5.76. The summed E-state index contributed by atoms with van der Waals surface area (Å²) in [5.74, 6) is 0.178. The highest BCUT2D eigenvalue weighted by atomic mass is 16.5. The van der Waals surface area contributed by atoms with Gasteiger partial charge in [0.1, 0.15) is 11.4 Å². The van der Waals surface area contributed by atoms with Crippen molar-refractivity contribution in [3.8, 4) is 0 Å². The quantitative estimate of drug-likeness (QED) is 0.809. The van der Waals surface area contributed by atoms with Crippen LogP contribution in [0.3, 0.4) is 0 Å². The molecule has 3 N–H and O–H groups in total. The lowest BCUT2D eigenvalue weighted by Gasteiger charge is -2.24. The van der Waals surface area contributed by atoms with Crippen molar-refractivity contribution in [1.82, 2.24) is 4.98 Å². The van der Waals surface area contributed by atoms with E-state index in [4.69, 9.17) is 10.5 Å². The highest BCUT2D eigenvalue weighted by molar-refractivity contribution is 5.95. The molecule has 1 aliphatic rings. The second kappa shape index (κ2) is 6.11. The highest BCUT2D eigenvalue weighted by Crippen LogP contribution is 2.37. The Morgan fingerprint density at radius 3 is 2.85 bits per heavy atom. The Morgan fingerprint density at radius 2 is 2.20 bits per heavy atom. The lowest BCUT2D eigenvalue weighted by molar-refractivity contribution is 0.0527. The predicted octanol–water partition coefficient (Wildman–Crippen LogP) is 2.83. The van der Waals surface area contributed by atoms with Gasteiger partial charge in [-0.05, 0) is 31.2 Å². The number of pyridine rings is 1. The molecule has 20 heavy (non-hydrogen) atoms. The van der Waals surface area contributed by atoms with E-state index in [0.29, 0.717) is 23.7 Å². The fourth-order valence-electron chi connectivity index (χ4n) is 2.69. The third kappa shape index (κ3) is 3.40. The third-order valence-electron chi connectivity index (χ3n) is 3.90. The zero-order chi connectivity index (χ0) is 14.6. The molecule has 0 bridgehead atoms. The molecule has 0 amide bonds. The van der Waals surface area contributed by atoms with Crippen molar-refractivity contribution in [3.05, 3.63) is 17.8 Å². The molecule has 1 aromatic heterocycles. The van der Waals surface area contributed by atoms with Gasteiger partial charge in [-0.1, -0.05) is 19.8 Å². The van der Waals surface area contributed by atoms with Gasteiger partial charge >= 0.3 is 5.97 Å². The minimum atomic E-state index is -0.383. The number of anilines is 2. The largest absolute Gasteiger partial charge is 0.462 e. The molecule has 1 heterocycles. The van der Waals surface area contributed by atoms with Gasteiger partial charge in [-0.25, -0.2) is 9.78 Å². The molecule has 0 saturated heterocycles. The average Bonchev–Trinajstić information content (AvgIpc) is 2.85. The molecule has 0 aliphatic heterocycles. The lowest BCUT2D eigenvalue weighted by atomic mass is 9.89. The Morgan fingerprint density at radius 1 is 1.50 bits per heavy atom. The van der Waals surface area contributed by atoms with Crippen LogP contribution in [-0.2, 0) is 4.74 Å². The van der Waals surface area contributed by atoms with Crippen LogP contribution in [0.2, 0.25) is 0 Å². The van der Waals surface area contributed by atoms with Gasteiger partial charge in [-0.2, -0.15) is 0 Å². The van der Waals surface area contributed by atoms with E-state index in [2.05, 4.69) is 17.2 Å². The maximum absolute atomic E-state index is 11.9. The first-order chi connectivity index (χ1) is 9.54. The van der Waals surface area contributed by atoms with E-state index in [0.717, 1.165) is 6.54 Å². The molecule has 0 spiro atoms. The molecule has 2 rings (SSSR count). The molecule has 0 radical (unpaired) electrons. The maximum Gasteiger partial charge on any atom is 0.341 e. The van der Waals surface area contributed by atoms with E-state index in [1.165, 1.54) is 25.7 Å². The summed E-state index contributed by atoms with van der Waals surface area (Å²) in [6.45, 7) is 5.21. The Kier molecular flexibility index (Phi) is 4.47. The van der Waals surface area contributed by atoms with Gasteiger partial charge in [0, 0.05) is 6.54 Å². The molecule has 0 atom stereocenters. The summed E-state index contributed by atoms with van der Waals surface area (Å²) in [5, 5.41) is 3.29. The van der Waals surface area contributed by atoms with Crippen LogP contribution in [0, 0.1) is 5.41 Å². The summed E-state index contributed by atoms with van der Waals surface area (Å²) in [5.41, 5.74) is 6.87. The summed E-state index contributed by atoms with van der Waals surface area (Å²) in [4.78, 5) is 16.2. The van der Waals surface area contributed by atoms with E-state index in [-0.39, 0.29) is 11.4 Å². The first kappa shape index (κ1) is 14.6. The van der Waals surface area contributed by atoms with Crippen molar-refractivity contribution >= 4 is 17.5 Å². The van der Waals surface area contributed by atoms with Gasteiger partial charge in [0.25, 0.3) is 0 Å². The topological polar surface area (TPSA) is 77.2 Å². The van der Waals surface area contributed by atoms with Crippen LogP contribution >= 0.6 is 0 Å². The standard InChI is InChI=1S/C15H23N3O2/c1-3-20-14(19)12-8-11(16)9-17-13(12)18-10-15(2)6-4-5-7-15/h8-9H,3-7,10,16H2,1-2H3,(H,17,18). The first-order valence-corrected chi connectivity index (χ1v) is 7.20. The van der Waals surface area contributed by atoms with Crippen molar-refractivity contribution in [3.63, 3.8) is 0 Å². The SMILES string of the molecule is CCOC(=O)c1cc(N)cnc1NCC1(C)CCCC1. The van der Waals surface area contributed by atoms with Gasteiger partial charge in [-0.3, -0.25) is 0 Å². The van der Waals surface area contributed by atoms with Gasteiger partial charge < -0.3 is 15.8 Å². The summed E-state index contributed by atoms with van der Waals surface area (Å²) >= 11 is 0. The normalized spacial score (nSPS) is 16.9. The Hall–Kier alpha value is -1.78. The Labute approximate surface area is 119 Å². The van der Waals surface area contributed by atoms with Gasteiger partial charge in [0.05, 0.1) is 18.5 Å². The molecule has 1 saturated carbocycles. The van der Waals surface area contributed by atoms with Crippen LogP contribution in [0.1, 0.15) is 49.9 Å². The van der Waals surface area contributed by atoms with Crippen molar-refractivity contribution in [1.29, 1.82) is 0 Å². The molecule has 110 valence electrons. The van der Waals surface area contributed by atoms with E-state index in [1.54, 1.807) is 19.2 Å². The molecule has 0 aromatic carbocycles. The Balaban J connectivity index is 2.12. The zero-order valence-electron chi connectivity index (χ0n) is 12.2. The fourth-order valence-corrected chi connectivity index (χ4v) is 2.69. The summed E-state index contributed by atoms with van der Waals surface area (Å²) in [7, 11) is 0. The third-order valence-corrected chi connectivity index (χ3v) is 3.90. The van der Waals surface area contributed by atoms with E-state index in [9.17, 15) is 4.79 Å². The zero-order valence-corrected chi connectivity index (χ0v) is 12.2. The first-order valence-electron chi connectivity index (χ1n) is 7.20. The number of carbonyl (C=O) groups excluding carboxylic acids is 1. The highest BCUT2D eigenvalue weighted by Gasteiger charge is 2.29. The van der Waals surface area contributed by atoms with Crippen molar-refractivity contribution < 1.29 is 9.53 Å². The molecular formula is C15H23N3O2. The van der Waals surface area contributed by atoms with Gasteiger partial charge in [0.15, 0.2) is 0 Å². The number of carbonyl (C=O) groups is 1. The molecule has 1 aromatic rings. The summed E-state index contributed by atoms with van der Waals surface area (Å²) in [6, 6.07) is 1.62. The van der Waals surface area contributed by atoms with Crippen LogP contribution in [0.15, 0.2) is 12.3 Å². The minimum Gasteiger partial charge on any atom is -0.462 e. The van der Waals surface area contributed by atoms with Gasteiger partial charge in [-0.15, -0.1) is 0 Å². The van der Waals surface area contributed by atoms with Crippen LogP contribution < -0.4 is 11.1 Å². The summed E-state index contributed by atoms with van der Waals surface area (Å²) in [6.07, 6.45) is 6.53. The van der Waals surface area contributed by atoms with E-state index < -0.39 is 0 Å². The number of nitrogens with two attached hydrogens (primary N) is 1. The summed E-state index contributed by atoms with van der Waals surface area (Å²) < 4.78 is 5.05. The average molecular weight is 277 g/mol. The number of esters is 1. The molecule has 1 aliphatic carbocycles. The van der Waals surface area contributed by atoms with Crippen LogP contribution in [0.25, 0.3) is 0 Å². The molecule has 5 nitrogen and oxygen atoms in total. The molecule has 1 fully saturated rings. The fraction of sp³-hybridized carbons (Fsp3) is 0.600. The number of ether oxygens (including phenoxy) is 1. The number of aromatic nitrogens is 1. The molecular weight excluding hydrogens is 254 g/mol. The number of nitrogen functional groups attached to an aromatic ring is 1. The van der Waals surface area contributed by atoms with E-state index >= 15 is 0 Å². The second-order valence-corrected chi connectivity index (χ2v) is 5.76. The number of nitrogens with one attached hydrogen (secondary N) is 1. The molecule has 5 heteroatoms. The lowest BCUT2D eigenvalue weighted by Crippen LogP contribution is -2.24. The van der Waals surface area contributed by atoms with Crippen LogP contribution in [0.4, 0.5) is 11.5 Å². The minimum absolute atomic E-state index is 0.287. The maximum atomic E-state index is 11.9. The van der Waals surface area contributed by atoms with Crippen molar-refractivity contribution in [2.24, 2.45) is 5.41 Å². The Bertz CT molecular complexity index is 482. The number of nitrogens with zero attached hydrogens (tertiary/aromatic N) is 1.